The summed E-state index contributed by atoms with van der Waals surface area (Å²) in [6.45, 7) is 5.75. The molecule has 1 heterocycles. The maximum atomic E-state index is 12.5. The van der Waals surface area contributed by atoms with Crippen molar-refractivity contribution < 1.29 is 21.8 Å². The Labute approximate surface area is 142 Å². The van der Waals surface area contributed by atoms with Gasteiger partial charge in [-0.15, -0.1) is 0 Å². The molecule has 0 unspecified atom stereocenters. The number of amides is 1. The van der Waals surface area contributed by atoms with Gasteiger partial charge >= 0.3 is 10.1 Å². The third kappa shape index (κ3) is 4.61. The zero-order chi connectivity index (χ0) is 17.7. The summed E-state index contributed by atoms with van der Waals surface area (Å²) in [6, 6.07) is 9.93. The fourth-order valence-electron chi connectivity index (χ4n) is 2.08. The van der Waals surface area contributed by atoms with Crippen LogP contribution in [0.15, 0.2) is 47.1 Å². The first-order valence-corrected chi connectivity index (χ1v) is 9.25. The fourth-order valence-corrected chi connectivity index (χ4v) is 2.61. The summed E-state index contributed by atoms with van der Waals surface area (Å²) >= 11 is 0. The number of furan rings is 1. The summed E-state index contributed by atoms with van der Waals surface area (Å²) in [5, 5.41) is 0. The van der Waals surface area contributed by atoms with Crippen LogP contribution < -0.4 is 4.18 Å². The molecule has 7 heteroatoms. The first-order valence-electron chi connectivity index (χ1n) is 7.68. The number of hydrogen-bond donors (Lipinski definition) is 0. The third-order valence-corrected chi connectivity index (χ3v) is 4.62. The average molecular weight is 351 g/mol. The van der Waals surface area contributed by atoms with Gasteiger partial charge in [0.05, 0.1) is 12.0 Å². The summed E-state index contributed by atoms with van der Waals surface area (Å²) in [5.74, 6) is 0.267. The Morgan fingerprint density at radius 3 is 2.38 bits per heavy atom. The van der Waals surface area contributed by atoms with Gasteiger partial charge in [0.2, 0.25) is 0 Å². The molecule has 1 amide bonds. The number of nitrogens with zero attached hydrogens (tertiary/aromatic N) is 1. The van der Waals surface area contributed by atoms with E-state index in [4.69, 9.17) is 8.60 Å². The van der Waals surface area contributed by atoms with Gasteiger partial charge in [0.15, 0.2) is 5.76 Å². The first kappa shape index (κ1) is 18.1. The highest BCUT2D eigenvalue weighted by molar-refractivity contribution is 7.87. The SMILES string of the molecule is CCS(=O)(=O)Oc1ccc(CN(C(=O)c2ccco2)C(C)C)cc1. The second kappa shape index (κ2) is 7.53. The van der Waals surface area contributed by atoms with Crippen LogP contribution >= 0.6 is 0 Å². The molecule has 0 aliphatic carbocycles. The molecule has 130 valence electrons. The van der Waals surface area contributed by atoms with Crippen LogP contribution in [0.5, 0.6) is 5.75 Å². The van der Waals surface area contributed by atoms with Crippen LogP contribution in [0.25, 0.3) is 0 Å². The molecule has 0 aliphatic heterocycles. The molecule has 2 rings (SSSR count). The van der Waals surface area contributed by atoms with Gasteiger partial charge in [0.25, 0.3) is 5.91 Å². The van der Waals surface area contributed by atoms with Crippen molar-refractivity contribution in [3.63, 3.8) is 0 Å². The molecule has 0 saturated heterocycles. The normalized spacial score (nSPS) is 11.5. The monoisotopic (exact) mass is 351 g/mol. The van der Waals surface area contributed by atoms with Crippen LogP contribution in [0.4, 0.5) is 0 Å². The van der Waals surface area contributed by atoms with Crippen molar-refractivity contribution in [2.45, 2.75) is 33.4 Å². The smallest absolute Gasteiger partial charge is 0.308 e. The van der Waals surface area contributed by atoms with Gasteiger partial charge in [0.1, 0.15) is 5.75 Å². The fraction of sp³-hybridized carbons (Fsp3) is 0.353. The summed E-state index contributed by atoms with van der Waals surface area (Å²) < 4.78 is 33.0. The molecule has 0 aliphatic rings. The van der Waals surface area contributed by atoms with E-state index in [2.05, 4.69) is 0 Å². The Bertz CT molecular complexity index is 764. The number of rotatable bonds is 7. The summed E-state index contributed by atoms with van der Waals surface area (Å²) in [4.78, 5) is 14.2. The molecule has 0 atom stereocenters. The van der Waals surface area contributed by atoms with E-state index < -0.39 is 10.1 Å². The van der Waals surface area contributed by atoms with Crippen LogP contribution in [0, 0.1) is 0 Å². The molecular weight excluding hydrogens is 330 g/mol. The Morgan fingerprint density at radius 1 is 1.21 bits per heavy atom. The van der Waals surface area contributed by atoms with E-state index >= 15 is 0 Å². The summed E-state index contributed by atoms with van der Waals surface area (Å²) in [7, 11) is -3.54. The van der Waals surface area contributed by atoms with E-state index in [9.17, 15) is 13.2 Å². The maximum Gasteiger partial charge on any atom is 0.308 e. The second-order valence-corrected chi connectivity index (χ2v) is 7.44. The quantitative estimate of drug-likeness (QED) is 0.717. The van der Waals surface area contributed by atoms with Crippen molar-refractivity contribution in [1.82, 2.24) is 4.90 Å². The number of carbonyl (C=O) groups excluding carboxylic acids is 1. The summed E-state index contributed by atoms with van der Waals surface area (Å²) in [5.41, 5.74) is 0.866. The van der Waals surface area contributed by atoms with Gasteiger partial charge in [-0.3, -0.25) is 4.79 Å². The van der Waals surface area contributed by atoms with Gasteiger partial charge in [-0.05, 0) is 50.6 Å². The molecule has 0 radical (unpaired) electrons. The zero-order valence-corrected chi connectivity index (χ0v) is 14.7. The molecule has 1 aromatic heterocycles. The minimum absolute atomic E-state index is 0.0148. The summed E-state index contributed by atoms with van der Waals surface area (Å²) in [6.07, 6.45) is 1.46. The molecular formula is C17H21NO5S. The maximum absolute atomic E-state index is 12.5. The second-order valence-electron chi connectivity index (χ2n) is 5.58. The first-order chi connectivity index (χ1) is 11.3. The van der Waals surface area contributed by atoms with E-state index in [0.29, 0.717) is 6.54 Å². The van der Waals surface area contributed by atoms with Crippen molar-refractivity contribution in [2.75, 3.05) is 5.75 Å². The minimum atomic E-state index is -3.54. The van der Waals surface area contributed by atoms with E-state index in [1.807, 2.05) is 13.8 Å². The Kier molecular flexibility index (Phi) is 5.66. The van der Waals surface area contributed by atoms with Crippen LogP contribution in [-0.2, 0) is 16.7 Å². The predicted molar refractivity (Wildman–Crippen MR) is 90.2 cm³/mol. The van der Waals surface area contributed by atoms with Crippen LogP contribution in [0.2, 0.25) is 0 Å². The standard InChI is InChI=1S/C17H21NO5S/c1-4-24(20,21)23-15-9-7-14(8-10-15)12-18(13(2)3)17(19)16-6-5-11-22-16/h5-11,13H,4,12H2,1-3H3. The lowest BCUT2D eigenvalue weighted by atomic mass is 10.1. The van der Waals surface area contributed by atoms with Gasteiger partial charge in [0, 0.05) is 12.6 Å². The lowest BCUT2D eigenvalue weighted by molar-refractivity contribution is 0.0657. The Balaban J connectivity index is 2.11. The number of hydrogen-bond acceptors (Lipinski definition) is 5. The third-order valence-electron chi connectivity index (χ3n) is 3.47. The van der Waals surface area contributed by atoms with Crippen molar-refractivity contribution in [3.05, 3.63) is 54.0 Å². The zero-order valence-electron chi connectivity index (χ0n) is 13.9. The molecule has 0 N–H and O–H groups in total. The van der Waals surface area contributed by atoms with Crippen LogP contribution in [0.1, 0.15) is 36.9 Å². The highest BCUT2D eigenvalue weighted by Crippen LogP contribution is 2.18. The van der Waals surface area contributed by atoms with Gasteiger partial charge in [-0.25, -0.2) is 0 Å². The topological polar surface area (TPSA) is 76.8 Å². The highest BCUT2D eigenvalue weighted by atomic mass is 32.2. The van der Waals surface area contributed by atoms with Gasteiger partial charge < -0.3 is 13.5 Å². The van der Waals surface area contributed by atoms with Gasteiger partial charge in [-0.2, -0.15) is 8.42 Å². The molecule has 0 saturated carbocycles. The molecule has 0 bridgehead atoms. The van der Waals surface area contributed by atoms with Gasteiger partial charge in [-0.1, -0.05) is 12.1 Å². The van der Waals surface area contributed by atoms with E-state index in [1.165, 1.54) is 13.2 Å². The van der Waals surface area contributed by atoms with Crippen molar-refractivity contribution in [3.8, 4) is 5.75 Å². The largest absolute Gasteiger partial charge is 0.459 e. The van der Waals surface area contributed by atoms with E-state index in [1.54, 1.807) is 41.3 Å². The van der Waals surface area contributed by atoms with Crippen molar-refractivity contribution in [2.24, 2.45) is 0 Å². The lowest BCUT2D eigenvalue weighted by Gasteiger charge is -2.26. The lowest BCUT2D eigenvalue weighted by Crippen LogP contribution is -2.36. The number of benzene rings is 1. The Hall–Kier alpha value is -2.28. The van der Waals surface area contributed by atoms with Crippen molar-refractivity contribution in [1.29, 1.82) is 0 Å². The predicted octanol–water partition coefficient (Wildman–Crippen LogP) is 3.06. The molecule has 0 fully saturated rings. The average Bonchev–Trinajstić information content (AvgIpc) is 3.07. The molecule has 1 aromatic carbocycles. The van der Waals surface area contributed by atoms with Crippen LogP contribution in [-0.4, -0.2) is 31.0 Å². The minimum Gasteiger partial charge on any atom is -0.459 e. The highest BCUT2D eigenvalue weighted by Gasteiger charge is 2.21. The molecule has 24 heavy (non-hydrogen) atoms. The van der Waals surface area contributed by atoms with Crippen LogP contribution in [0.3, 0.4) is 0 Å². The Morgan fingerprint density at radius 2 is 1.88 bits per heavy atom. The van der Waals surface area contributed by atoms with E-state index in [-0.39, 0.29) is 29.2 Å². The molecule has 6 nitrogen and oxygen atoms in total. The van der Waals surface area contributed by atoms with E-state index in [0.717, 1.165) is 5.56 Å². The molecule has 2 aromatic rings. The number of carbonyl (C=O) groups is 1. The van der Waals surface area contributed by atoms with Crippen molar-refractivity contribution >= 4 is 16.0 Å². The molecule has 0 spiro atoms.